The molecule has 0 aliphatic carbocycles. The zero-order valence-corrected chi connectivity index (χ0v) is 13.2. The third-order valence-electron chi connectivity index (χ3n) is 3.69. The van der Waals surface area contributed by atoms with Crippen LogP contribution in [0.15, 0.2) is 0 Å². The molecular formula is C15H30N2O3. The van der Waals surface area contributed by atoms with Crippen molar-refractivity contribution in [3.05, 3.63) is 0 Å². The van der Waals surface area contributed by atoms with E-state index in [0.717, 1.165) is 52.0 Å². The van der Waals surface area contributed by atoms with E-state index in [1.165, 1.54) is 0 Å². The number of carbonyl (C=O) groups is 1. The molecule has 1 saturated heterocycles. The molecular weight excluding hydrogens is 256 g/mol. The molecule has 0 aromatic carbocycles. The van der Waals surface area contributed by atoms with Gasteiger partial charge in [0.1, 0.15) is 6.04 Å². The highest BCUT2D eigenvalue weighted by molar-refractivity contribution is 5.75. The van der Waals surface area contributed by atoms with Gasteiger partial charge in [-0.2, -0.15) is 0 Å². The van der Waals surface area contributed by atoms with Crippen LogP contribution >= 0.6 is 0 Å². The summed E-state index contributed by atoms with van der Waals surface area (Å²) in [6.07, 6.45) is 3.43. The average molecular weight is 286 g/mol. The molecule has 1 rings (SSSR count). The molecule has 0 aromatic heterocycles. The molecule has 0 aromatic rings. The molecule has 1 N–H and O–H groups in total. The molecule has 0 amide bonds. The second-order valence-electron chi connectivity index (χ2n) is 5.15. The van der Waals surface area contributed by atoms with Crippen molar-refractivity contribution in [2.75, 3.05) is 39.4 Å². The summed E-state index contributed by atoms with van der Waals surface area (Å²) in [7, 11) is 0. The first-order chi connectivity index (χ1) is 9.71. The van der Waals surface area contributed by atoms with Gasteiger partial charge >= 0.3 is 5.97 Å². The maximum absolute atomic E-state index is 11.8. The van der Waals surface area contributed by atoms with E-state index < -0.39 is 0 Å². The number of nitrogens with one attached hydrogen (secondary N) is 1. The molecule has 1 atom stereocenters. The van der Waals surface area contributed by atoms with Crippen LogP contribution in [0.1, 0.15) is 40.0 Å². The number of rotatable bonds is 9. The van der Waals surface area contributed by atoms with Gasteiger partial charge in [-0.15, -0.1) is 0 Å². The predicted molar refractivity (Wildman–Crippen MR) is 79.8 cm³/mol. The van der Waals surface area contributed by atoms with Gasteiger partial charge in [0.05, 0.1) is 12.7 Å². The summed E-state index contributed by atoms with van der Waals surface area (Å²) in [6.45, 7) is 11.0. The molecule has 0 spiro atoms. The Balaban J connectivity index is 2.28. The fourth-order valence-electron chi connectivity index (χ4n) is 2.64. The molecule has 5 heteroatoms. The normalized spacial score (nSPS) is 18.9. The SMILES string of the molecule is CCNC(CCN1CCC(OCC)CC1)C(=O)OCC. The highest BCUT2D eigenvalue weighted by atomic mass is 16.5. The number of hydrogen-bond donors (Lipinski definition) is 1. The molecule has 0 saturated carbocycles. The van der Waals surface area contributed by atoms with Crippen molar-refractivity contribution >= 4 is 5.97 Å². The van der Waals surface area contributed by atoms with Crippen LogP contribution < -0.4 is 5.32 Å². The van der Waals surface area contributed by atoms with E-state index in [4.69, 9.17) is 9.47 Å². The number of likely N-dealkylation sites (N-methyl/N-ethyl adjacent to an activating group) is 1. The van der Waals surface area contributed by atoms with Crippen LogP contribution in [0.2, 0.25) is 0 Å². The first-order valence-corrected chi connectivity index (χ1v) is 7.95. The fraction of sp³-hybridized carbons (Fsp3) is 0.933. The van der Waals surface area contributed by atoms with Crippen molar-refractivity contribution in [3.8, 4) is 0 Å². The van der Waals surface area contributed by atoms with Gasteiger partial charge in [-0.3, -0.25) is 4.79 Å². The smallest absolute Gasteiger partial charge is 0.323 e. The first-order valence-electron chi connectivity index (χ1n) is 7.95. The van der Waals surface area contributed by atoms with E-state index in [1.807, 2.05) is 20.8 Å². The summed E-state index contributed by atoms with van der Waals surface area (Å²) in [5, 5.41) is 3.21. The molecule has 1 unspecified atom stereocenters. The number of ether oxygens (including phenoxy) is 2. The van der Waals surface area contributed by atoms with Crippen LogP contribution in [0.3, 0.4) is 0 Å². The largest absolute Gasteiger partial charge is 0.465 e. The summed E-state index contributed by atoms with van der Waals surface area (Å²) in [5.41, 5.74) is 0. The quantitative estimate of drug-likeness (QED) is 0.650. The molecule has 1 aliphatic rings. The van der Waals surface area contributed by atoms with Crippen molar-refractivity contribution in [2.45, 2.75) is 52.2 Å². The monoisotopic (exact) mass is 286 g/mol. The van der Waals surface area contributed by atoms with Gasteiger partial charge in [-0.1, -0.05) is 6.92 Å². The zero-order valence-electron chi connectivity index (χ0n) is 13.2. The lowest BCUT2D eigenvalue weighted by molar-refractivity contribution is -0.146. The molecule has 1 heterocycles. The Morgan fingerprint density at radius 2 is 1.95 bits per heavy atom. The molecule has 118 valence electrons. The van der Waals surface area contributed by atoms with Crippen molar-refractivity contribution in [2.24, 2.45) is 0 Å². The summed E-state index contributed by atoms with van der Waals surface area (Å²) in [6, 6.07) is -0.176. The van der Waals surface area contributed by atoms with Gasteiger partial charge < -0.3 is 19.7 Å². The molecule has 20 heavy (non-hydrogen) atoms. The van der Waals surface area contributed by atoms with E-state index in [0.29, 0.717) is 12.7 Å². The summed E-state index contributed by atoms with van der Waals surface area (Å²) in [4.78, 5) is 14.2. The standard InChI is InChI=1S/C15H30N2O3/c1-4-16-14(15(18)20-6-3)9-12-17-10-7-13(8-11-17)19-5-2/h13-14,16H,4-12H2,1-3H3. The van der Waals surface area contributed by atoms with Crippen LogP contribution in [0, 0.1) is 0 Å². The molecule has 5 nitrogen and oxygen atoms in total. The van der Waals surface area contributed by atoms with Crippen LogP contribution in [0.4, 0.5) is 0 Å². The first kappa shape index (κ1) is 17.4. The predicted octanol–water partition coefficient (Wildman–Crippen LogP) is 1.42. The molecule has 0 bridgehead atoms. The summed E-state index contributed by atoms with van der Waals surface area (Å²) < 4.78 is 10.8. The summed E-state index contributed by atoms with van der Waals surface area (Å²) >= 11 is 0. The van der Waals surface area contributed by atoms with Crippen LogP contribution in [0.25, 0.3) is 0 Å². The Bertz CT molecular complexity index is 266. The minimum absolute atomic E-state index is 0.126. The maximum Gasteiger partial charge on any atom is 0.323 e. The van der Waals surface area contributed by atoms with Gasteiger partial charge in [0.15, 0.2) is 0 Å². The average Bonchev–Trinajstić information content (AvgIpc) is 2.45. The van der Waals surface area contributed by atoms with Gasteiger partial charge in [-0.25, -0.2) is 0 Å². The lowest BCUT2D eigenvalue weighted by Crippen LogP contribution is -2.43. The highest BCUT2D eigenvalue weighted by Crippen LogP contribution is 2.14. The minimum Gasteiger partial charge on any atom is -0.465 e. The number of likely N-dealkylation sites (tertiary alicyclic amines) is 1. The van der Waals surface area contributed by atoms with Crippen molar-refractivity contribution < 1.29 is 14.3 Å². The number of esters is 1. The Hall–Kier alpha value is -0.650. The van der Waals surface area contributed by atoms with Gasteiger partial charge in [-0.05, 0) is 39.7 Å². The second-order valence-corrected chi connectivity index (χ2v) is 5.15. The van der Waals surface area contributed by atoms with Crippen molar-refractivity contribution in [3.63, 3.8) is 0 Å². The molecule has 0 radical (unpaired) electrons. The molecule has 1 fully saturated rings. The second kappa shape index (κ2) is 10.1. The molecule has 1 aliphatic heterocycles. The van der Waals surface area contributed by atoms with E-state index in [9.17, 15) is 4.79 Å². The van der Waals surface area contributed by atoms with Gasteiger partial charge in [0.2, 0.25) is 0 Å². The van der Waals surface area contributed by atoms with Crippen molar-refractivity contribution in [1.82, 2.24) is 10.2 Å². The van der Waals surface area contributed by atoms with Crippen LogP contribution in [0.5, 0.6) is 0 Å². The Labute approximate surface area is 123 Å². The Morgan fingerprint density at radius 1 is 1.25 bits per heavy atom. The Morgan fingerprint density at radius 3 is 2.50 bits per heavy atom. The lowest BCUT2D eigenvalue weighted by Gasteiger charge is -2.32. The summed E-state index contributed by atoms with van der Waals surface area (Å²) in [5.74, 6) is -0.126. The minimum atomic E-state index is -0.176. The van der Waals surface area contributed by atoms with Gasteiger partial charge in [0, 0.05) is 26.2 Å². The van der Waals surface area contributed by atoms with Crippen molar-refractivity contribution in [1.29, 1.82) is 0 Å². The van der Waals surface area contributed by atoms with E-state index in [1.54, 1.807) is 0 Å². The lowest BCUT2D eigenvalue weighted by atomic mass is 10.1. The van der Waals surface area contributed by atoms with E-state index >= 15 is 0 Å². The third kappa shape index (κ3) is 6.20. The highest BCUT2D eigenvalue weighted by Gasteiger charge is 2.22. The van der Waals surface area contributed by atoms with Crippen LogP contribution in [-0.4, -0.2) is 62.4 Å². The maximum atomic E-state index is 11.8. The third-order valence-corrected chi connectivity index (χ3v) is 3.69. The topological polar surface area (TPSA) is 50.8 Å². The number of piperidine rings is 1. The number of hydrogen-bond acceptors (Lipinski definition) is 5. The fourth-order valence-corrected chi connectivity index (χ4v) is 2.64. The van der Waals surface area contributed by atoms with Gasteiger partial charge in [0.25, 0.3) is 0 Å². The number of carbonyl (C=O) groups excluding carboxylic acids is 1. The van der Waals surface area contributed by atoms with E-state index in [-0.39, 0.29) is 12.0 Å². The van der Waals surface area contributed by atoms with Crippen LogP contribution in [-0.2, 0) is 14.3 Å². The Kier molecular flexibility index (Phi) is 8.82. The number of nitrogens with zero attached hydrogens (tertiary/aromatic N) is 1. The zero-order chi connectivity index (χ0) is 14.8. The van der Waals surface area contributed by atoms with E-state index in [2.05, 4.69) is 10.2 Å².